The zero-order valence-corrected chi connectivity index (χ0v) is 12.7. The van der Waals surface area contributed by atoms with E-state index in [0.717, 1.165) is 29.0 Å². The molecule has 0 amide bonds. The summed E-state index contributed by atoms with van der Waals surface area (Å²) in [4.78, 5) is 0. The third-order valence-electron chi connectivity index (χ3n) is 3.27. The molecule has 0 aromatic heterocycles. The predicted molar refractivity (Wildman–Crippen MR) is 85.9 cm³/mol. The van der Waals surface area contributed by atoms with E-state index < -0.39 is 0 Å². The highest BCUT2D eigenvalue weighted by molar-refractivity contribution is 5.42. The molecule has 2 aromatic rings. The van der Waals surface area contributed by atoms with Gasteiger partial charge in [0.05, 0.1) is 19.3 Å². The summed E-state index contributed by atoms with van der Waals surface area (Å²) in [5.41, 5.74) is 8.45. The van der Waals surface area contributed by atoms with E-state index in [9.17, 15) is 0 Å². The molecule has 21 heavy (non-hydrogen) atoms. The lowest BCUT2D eigenvalue weighted by Crippen LogP contribution is -2.13. The van der Waals surface area contributed by atoms with E-state index in [1.807, 2.05) is 55.5 Å². The molecular weight excluding hydrogens is 262 g/mol. The number of benzene rings is 2. The van der Waals surface area contributed by atoms with E-state index in [1.165, 1.54) is 0 Å². The van der Waals surface area contributed by atoms with Crippen LogP contribution in [0.5, 0.6) is 11.5 Å². The maximum absolute atomic E-state index is 6.39. The Balaban J connectivity index is 2.20. The van der Waals surface area contributed by atoms with Crippen LogP contribution < -0.4 is 15.2 Å². The standard InChI is InChI=1S/C18H23NO2/c1-3-13-21-17-8-6-5-7-16(17)18(19)14-9-11-15(12-10-14)20-4-2/h5-12,18H,3-4,13,19H2,1-2H3. The van der Waals surface area contributed by atoms with Gasteiger partial charge >= 0.3 is 0 Å². The first-order chi connectivity index (χ1) is 10.3. The van der Waals surface area contributed by atoms with Crippen LogP contribution in [0.25, 0.3) is 0 Å². The average molecular weight is 285 g/mol. The second-order valence-electron chi connectivity index (χ2n) is 4.87. The van der Waals surface area contributed by atoms with Gasteiger partial charge in [-0.05, 0) is 37.1 Å². The first-order valence-corrected chi connectivity index (χ1v) is 7.46. The zero-order valence-electron chi connectivity index (χ0n) is 12.7. The van der Waals surface area contributed by atoms with Crippen molar-refractivity contribution < 1.29 is 9.47 Å². The van der Waals surface area contributed by atoms with Crippen molar-refractivity contribution >= 4 is 0 Å². The molecule has 0 spiro atoms. The van der Waals surface area contributed by atoms with Gasteiger partial charge in [0.1, 0.15) is 11.5 Å². The van der Waals surface area contributed by atoms with Gasteiger partial charge < -0.3 is 15.2 Å². The highest BCUT2D eigenvalue weighted by atomic mass is 16.5. The van der Waals surface area contributed by atoms with E-state index in [-0.39, 0.29) is 6.04 Å². The van der Waals surface area contributed by atoms with Crippen LogP contribution in [-0.2, 0) is 0 Å². The monoisotopic (exact) mass is 285 g/mol. The van der Waals surface area contributed by atoms with Crippen molar-refractivity contribution in [2.75, 3.05) is 13.2 Å². The fourth-order valence-corrected chi connectivity index (χ4v) is 2.20. The minimum absolute atomic E-state index is 0.200. The summed E-state index contributed by atoms with van der Waals surface area (Å²) in [7, 11) is 0. The van der Waals surface area contributed by atoms with Crippen LogP contribution in [0.15, 0.2) is 48.5 Å². The molecule has 2 N–H and O–H groups in total. The molecule has 0 bridgehead atoms. The minimum Gasteiger partial charge on any atom is -0.494 e. The van der Waals surface area contributed by atoms with E-state index in [4.69, 9.17) is 15.2 Å². The van der Waals surface area contributed by atoms with Crippen molar-refractivity contribution in [2.45, 2.75) is 26.3 Å². The SMILES string of the molecule is CCCOc1ccccc1C(N)c1ccc(OCC)cc1. The molecule has 0 aliphatic rings. The normalized spacial score (nSPS) is 12.0. The molecule has 0 saturated heterocycles. The Morgan fingerprint density at radius 2 is 1.67 bits per heavy atom. The largest absolute Gasteiger partial charge is 0.494 e. The minimum atomic E-state index is -0.200. The first-order valence-electron chi connectivity index (χ1n) is 7.46. The van der Waals surface area contributed by atoms with Crippen molar-refractivity contribution in [1.82, 2.24) is 0 Å². The maximum atomic E-state index is 6.39. The van der Waals surface area contributed by atoms with Gasteiger partial charge in [-0.3, -0.25) is 0 Å². The fourth-order valence-electron chi connectivity index (χ4n) is 2.20. The molecule has 0 radical (unpaired) electrons. The molecule has 2 aromatic carbocycles. The van der Waals surface area contributed by atoms with Gasteiger partial charge in [0.25, 0.3) is 0 Å². The number of nitrogens with two attached hydrogens (primary N) is 1. The Hall–Kier alpha value is -2.00. The lowest BCUT2D eigenvalue weighted by molar-refractivity contribution is 0.313. The summed E-state index contributed by atoms with van der Waals surface area (Å²) < 4.78 is 11.2. The number of para-hydroxylation sites is 1. The van der Waals surface area contributed by atoms with Crippen molar-refractivity contribution in [3.8, 4) is 11.5 Å². The molecule has 0 heterocycles. The van der Waals surface area contributed by atoms with Gasteiger partial charge in [-0.2, -0.15) is 0 Å². The molecule has 0 fully saturated rings. The van der Waals surface area contributed by atoms with Crippen LogP contribution in [0, 0.1) is 0 Å². The smallest absolute Gasteiger partial charge is 0.124 e. The lowest BCUT2D eigenvalue weighted by atomic mass is 9.98. The summed E-state index contributed by atoms with van der Waals surface area (Å²) in [6.07, 6.45) is 0.979. The number of ether oxygens (including phenoxy) is 2. The van der Waals surface area contributed by atoms with Crippen LogP contribution in [0.4, 0.5) is 0 Å². The Bertz CT molecular complexity index is 551. The van der Waals surface area contributed by atoms with Crippen LogP contribution in [0.3, 0.4) is 0 Å². The van der Waals surface area contributed by atoms with E-state index >= 15 is 0 Å². The first kappa shape index (κ1) is 15.4. The van der Waals surface area contributed by atoms with Crippen molar-refractivity contribution in [3.63, 3.8) is 0 Å². The topological polar surface area (TPSA) is 44.5 Å². The molecule has 0 aliphatic heterocycles. The summed E-state index contributed by atoms with van der Waals surface area (Å²) in [5, 5.41) is 0. The molecule has 0 aliphatic carbocycles. The molecule has 1 unspecified atom stereocenters. The summed E-state index contributed by atoms with van der Waals surface area (Å²) >= 11 is 0. The van der Waals surface area contributed by atoms with Crippen LogP contribution in [0.1, 0.15) is 37.4 Å². The van der Waals surface area contributed by atoms with Crippen molar-refractivity contribution in [2.24, 2.45) is 5.73 Å². The Morgan fingerprint density at radius 1 is 0.952 bits per heavy atom. The third-order valence-corrected chi connectivity index (χ3v) is 3.27. The maximum Gasteiger partial charge on any atom is 0.124 e. The zero-order chi connectivity index (χ0) is 15.1. The highest BCUT2D eigenvalue weighted by Gasteiger charge is 2.13. The molecule has 112 valence electrons. The number of hydrogen-bond acceptors (Lipinski definition) is 3. The Kier molecular flexibility index (Phi) is 5.64. The molecule has 3 heteroatoms. The molecule has 2 rings (SSSR count). The third kappa shape index (κ3) is 3.99. The van der Waals surface area contributed by atoms with Crippen molar-refractivity contribution in [1.29, 1.82) is 0 Å². The summed E-state index contributed by atoms with van der Waals surface area (Å²) in [5.74, 6) is 1.73. The Morgan fingerprint density at radius 3 is 2.33 bits per heavy atom. The van der Waals surface area contributed by atoms with E-state index in [0.29, 0.717) is 13.2 Å². The van der Waals surface area contributed by atoms with E-state index in [1.54, 1.807) is 0 Å². The van der Waals surface area contributed by atoms with E-state index in [2.05, 4.69) is 6.92 Å². The van der Waals surface area contributed by atoms with Gasteiger partial charge in [0.15, 0.2) is 0 Å². The molecule has 1 atom stereocenters. The van der Waals surface area contributed by atoms with Gasteiger partial charge in [0, 0.05) is 5.56 Å². The summed E-state index contributed by atoms with van der Waals surface area (Å²) in [6, 6.07) is 15.7. The quantitative estimate of drug-likeness (QED) is 0.838. The van der Waals surface area contributed by atoms with Crippen LogP contribution in [0.2, 0.25) is 0 Å². The van der Waals surface area contributed by atoms with Gasteiger partial charge in [0.2, 0.25) is 0 Å². The predicted octanol–water partition coefficient (Wildman–Crippen LogP) is 3.92. The average Bonchev–Trinajstić information content (AvgIpc) is 2.53. The number of rotatable bonds is 7. The van der Waals surface area contributed by atoms with Gasteiger partial charge in [-0.25, -0.2) is 0 Å². The molecule has 3 nitrogen and oxygen atoms in total. The fraction of sp³-hybridized carbons (Fsp3) is 0.333. The highest BCUT2D eigenvalue weighted by Crippen LogP contribution is 2.29. The van der Waals surface area contributed by atoms with Crippen molar-refractivity contribution in [3.05, 3.63) is 59.7 Å². The van der Waals surface area contributed by atoms with Crippen LogP contribution >= 0.6 is 0 Å². The molecule has 0 saturated carbocycles. The molecular formula is C18H23NO2. The second kappa shape index (κ2) is 7.70. The van der Waals surface area contributed by atoms with Gasteiger partial charge in [-0.15, -0.1) is 0 Å². The summed E-state index contributed by atoms with van der Waals surface area (Å²) in [6.45, 7) is 5.43. The Labute approximate surface area is 126 Å². The van der Waals surface area contributed by atoms with Gasteiger partial charge in [-0.1, -0.05) is 37.3 Å². The van der Waals surface area contributed by atoms with Crippen LogP contribution in [-0.4, -0.2) is 13.2 Å². The lowest BCUT2D eigenvalue weighted by Gasteiger charge is -2.17. The number of hydrogen-bond donors (Lipinski definition) is 1. The second-order valence-corrected chi connectivity index (χ2v) is 4.87.